The number of hydrogen-bond donors (Lipinski definition) is 2. The smallest absolute Gasteiger partial charge is 0.347 e. The van der Waals surface area contributed by atoms with Gasteiger partial charge in [-0.05, 0) is 13.8 Å². The third-order valence-corrected chi connectivity index (χ3v) is 2.27. The summed E-state index contributed by atoms with van der Waals surface area (Å²) >= 11 is 0. The van der Waals surface area contributed by atoms with Crippen molar-refractivity contribution >= 4 is 17.8 Å². The van der Waals surface area contributed by atoms with Gasteiger partial charge in [0, 0.05) is 12.3 Å². The molecule has 0 spiro atoms. The third-order valence-electron chi connectivity index (χ3n) is 2.27. The number of nitrogens with zero attached hydrogens (tertiary/aromatic N) is 1. The Morgan fingerprint density at radius 3 is 2.36 bits per heavy atom. The standard InChI is InChI=1S/C13H17N3O6/c1-4-21-11(18)8(12(19)22-5-2)7-14-9-6-10(17)16-13(15-9)20-3/h6-7H,4-5H2,1-3H3,(H2,14,15,16,17). The van der Waals surface area contributed by atoms with E-state index in [4.69, 9.17) is 14.2 Å². The van der Waals surface area contributed by atoms with E-state index in [2.05, 4.69) is 15.3 Å². The van der Waals surface area contributed by atoms with Crippen LogP contribution in [0.1, 0.15) is 13.8 Å². The molecule has 9 heteroatoms. The van der Waals surface area contributed by atoms with Crippen molar-refractivity contribution in [1.29, 1.82) is 0 Å². The van der Waals surface area contributed by atoms with Crippen molar-refractivity contribution in [2.45, 2.75) is 13.8 Å². The Hall–Kier alpha value is -2.84. The number of esters is 2. The first kappa shape index (κ1) is 17.2. The zero-order chi connectivity index (χ0) is 16.5. The van der Waals surface area contributed by atoms with E-state index in [0.29, 0.717) is 0 Å². The topological polar surface area (TPSA) is 120 Å². The number of rotatable bonds is 7. The lowest BCUT2D eigenvalue weighted by molar-refractivity contribution is -0.146. The molecule has 1 aromatic rings. The third kappa shape index (κ3) is 4.93. The van der Waals surface area contributed by atoms with Crippen LogP contribution in [-0.4, -0.2) is 42.2 Å². The van der Waals surface area contributed by atoms with E-state index in [1.54, 1.807) is 13.8 Å². The van der Waals surface area contributed by atoms with Gasteiger partial charge < -0.3 is 19.5 Å². The predicted octanol–water partition coefficient (Wildman–Crippen LogP) is 0.200. The molecule has 0 amide bonds. The number of carbonyl (C=O) groups excluding carboxylic acids is 2. The zero-order valence-corrected chi connectivity index (χ0v) is 12.5. The first-order chi connectivity index (χ1) is 10.5. The highest BCUT2D eigenvalue weighted by atomic mass is 16.6. The predicted molar refractivity (Wildman–Crippen MR) is 76.4 cm³/mol. The van der Waals surface area contributed by atoms with E-state index in [9.17, 15) is 14.4 Å². The number of carbonyl (C=O) groups is 2. The van der Waals surface area contributed by atoms with Crippen molar-refractivity contribution in [3.05, 3.63) is 28.2 Å². The fourth-order valence-corrected chi connectivity index (χ4v) is 1.37. The van der Waals surface area contributed by atoms with E-state index in [1.165, 1.54) is 7.11 Å². The summed E-state index contributed by atoms with van der Waals surface area (Å²) in [5.74, 6) is -1.60. The molecule has 1 heterocycles. The molecule has 0 aliphatic carbocycles. The first-order valence-electron chi connectivity index (χ1n) is 6.48. The van der Waals surface area contributed by atoms with Crippen LogP contribution in [0.25, 0.3) is 0 Å². The van der Waals surface area contributed by atoms with Gasteiger partial charge in [-0.2, -0.15) is 4.98 Å². The molecule has 0 fully saturated rings. The number of hydrogen-bond acceptors (Lipinski definition) is 8. The monoisotopic (exact) mass is 311 g/mol. The lowest BCUT2D eigenvalue weighted by Gasteiger charge is -2.07. The van der Waals surface area contributed by atoms with Gasteiger partial charge in [-0.3, -0.25) is 9.78 Å². The number of ether oxygens (including phenoxy) is 3. The maximum absolute atomic E-state index is 11.7. The van der Waals surface area contributed by atoms with Crippen molar-refractivity contribution in [3.63, 3.8) is 0 Å². The van der Waals surface area contributed by atoms with Gasteiger partial charge in [0.2, 0.25) is 0 Å². The summed E-state index contributed by atoms with van der Waals surface area (Å²) in [5, 5.41) is 2.56. The number of aromatic amines is 1. The first-order valence-corrected chi connectivity index (χ1v) is 6.48. The maximum atomic E-state index is 11.7. The molecule has 0 unspecified atom stereocenters. The molecular formula is C13H17N3O6. The van der Waals surface area contributed by atoms with Crippen LogP contribution in [0.15, 0.2) is 22.6 Å². The fourth-order valence-electron chi connectivity index (χ4n) is 1.37. The molecule has 9 nitrogen and oxygen atoms in total. The van der Waals surface area contributed by atoms with Crippen LogP contribution in [0.2, 0.25) is 0 Å². The fraction of sp³-hybridized carbons (Fsp3) is 0.385. The second kappa shape index (κ2) is 8.45. The van der Waals surface area contributed by atoms with Gasteiger partial charge in [-0.1, -0.05) is 0 Å². The molecule has 1 rings (SSSR count). The SMILES string of the molecule is CCOC(=O)C(=CNc1cc(=O)[nH]c(OC)n1)C(=O)OCC. The molecule has 0 radical (unpaired) electrons. The summed E-state index contributed by atoms with van der Waals surface area (Å²) < 4.78 is 14.3. The summed E-state index contributed by atoms with van der Waals surface area (Å²) in [6.45, 7) is 3.42. The largest absolute Gasteiger partial charge is 0.468 e. The average Bonchev–Trinajstić information content (AvgIpc) is 2.47. The quantitative estimate of drug-likeness (QED) is 0.317. The van der Waals surface area contributed by atoms with Crippen molar-refractivity contribution in [3.8, 4) is 6.01 Å². The van der Waals surface area contributed by atoms with Crippen LogP contribution in [0, 0.1) is 0 Å². The summed E-state index contributed by atoms with van der Waals surface area (Å²) in [7, 11) is 1.33. The minimum Gasteiger partial charge on any atom is -0.468 e. The lowest BCUT2D eigenvalue weighted by atomic mass is 10.3. The van der Waals surface area contributed by atoms with Gasteiger partial charge in [0.25, 0.3) is 11.6 Å². The van der Waals surface area contributed by atoms with Crippen LogP contribution in [0.5, 0.6) is 6.01 Å². The van der Waals surface area contributed by atoms with Crippen molar-refractivity contribution in [1.82, 2.24) is 9.97 Å². The van der Waals surface area contributed by atoms with Crippen LogP contribution in [-0.2, 0) is 19.1 Å². The Balaban J connectivity index is 3.02. The molecular weight excluding hydrogens is 294 g/mol. The van der Waals surface area contributed by atoms with Gasteiger partial charge in [0.05, 0.1) is 20.3 Å². The Morgan fingerprint density at radius 1 is 1.27 bits per heavy atom. The summed E-state index contributed by atoms with van der Waals surface area (Å²) in [4.78, 5) is 41.1. The minimum absolute atomic E-state index is 0.0165. The van der Waals surface area contributed by atoms with E-state index < -0.39 is 17.5 Å². The number of aromatic nitrogens is 2. The zero-order valence-electron chi connectivity index (χ0n) is 12.5. The number of H-pyrrole nitrogens is 1. The highest BCUT2D eigenvalue weighted by molar-refractivity contribution is 6.14. The molecule has 0 aliphatic rings. The van der Waals surface area contributed by atoms with E-state index in [1.807, 2.05) is 0 Å². The molecule has 0 bridgehead atoms. The van der Waals surface area contributed by atoms with Crippen LogP contribution in [0.4, 0.5) is 5.82 Å². The van der Waals surface area contributed by atoms with Gasteiger partial charge in [-0.25, -0.2) is 9.59 Å². The maximum Gasteiger partial charge on any atom is 0.347 e. The summed E-state index contributed by atoms with van der Waals surface area (Å²) in [6, 6.07) is 1.12. The molecule has 0 aromatic carbocycles. The molecule has 120 valence electrons. The van der Waals surface area contributed by atoms with E-state index in [0.717, 1.165) is 12.3 Å². The number of nitrogens with one attached hydrogen (secondary N) is 2. The van der Waals surface area contributed by atoms with Gasteiger partial charge in [0.15, 0.2) is 5.57 Å². The van der Waals surface area contributed by atoms with Gasteiger partial charge >= 0.3 is 11.9 Å². The van der Waals surface area contributed by atoms with E-state index >= 15 is 0 Å². The number of methoxy groups -OCH3 is 1. The van der Waals surface area contributed by atoms with Crippen LogP contribution in [0.3, 0.4) is 0 Å². The van der Waals surface area contributed by atoms with Crippen LogP contribution >= 0.6 is 0 Å². The average molecular weight is 311 g/mol. The normalized spacial score (nSPS) is 9.59. The Kier molecular flexibility index (Phi) is 6.61. The van der Waals surface area contributed by atoms with Gasteiger partial charge in [-0.15, -0.1) is 0 Å². The molecule has 2 N–H and O–H groups in total. The Morgan fingerprint density at radius 2 is 1.86 bits per heavy atom. The van der Waals surface area contributed by atoms with Crippen molar-refractivity contribution < 1.29 is 23.8 Å². The molecule has 22 heavy (non-hydrogen) atoms. The molecule has 0 saturated heterocycles. The van der Waals surface area contributed by atoms with Gasteiger partial charge in [0.1, 0.15) is 5.82 Å². The minimum atomic E-state index is -0.842. The molecule has 0 atom stereocenters. The summed E-state index contributed by atoms with van der Waals surface area (Å²) in [5.41, 5.74) is -0.804. The van der Waals surface area contributed by atoms with Crippen LogP contribution < -0.4 is 15.6 Å². The molecule has 0 aliphatic heterocycles. The van der Waals surface area contributed by atoms with Crippen molar-refractivity contribution in [2.24, 2.45) is 0 Å². The van der Waals surface area contributed by atoms with E-state index in [-0.39, 0.29) is 30.6 Å². The highest BCUT2D eigenvalue weighted by Crippen LogP contribution is 2.07. The van der Waals surface area contributed by atoms with Crippen molar-refractivity contribution in [2.75, 3.05) is 25.6 Å². The second-order valence-corrected chi connectivity index (χ2v) is 3.78. The Bertz CT molecular complexity index is 602. The highest BCUT2D eigenvalue weighted by Gasteiger charge is 2.21. The Labute approximate surface area is 126 Å². The summed E-state index contributed by atoms with van der Waals surface area (Å²) in [6.07, 6.45) is 1.07. The molecule has 1 aromatic heterocycles. The molecule has 0 saturated carbocycles. The number of anilines is 1. The lowest BCUT2D eigenvalue weighted by Crippen LogP contribution is -2.20. The second-order valence-electron chi connectivity index (χ2n) is 3.78.